The number of carboxylic acids is 1. The Morgan fingerprint density at radius 3 is 2.68 bits per heavy atom. The van der Waals surface area contributed by atoms with Gasteiger partial charge in [0.15, 0.2) is 11.5 Å². The third-order valence-electron chi connectivity index (χ3n) is 5.39. The van der Waals surface area contributed by atoms with Gasteiger partial charge in [0.1, 0.15) is 6.07 Å². The molecule has 2 heterocycles. The van der Waals surface area contributed by atoms with Gasteiger partial charge in [-0.25, -0.2) is 14.8 Å². The number of aromatic carboxylic acids is 1. The standard InChI is InChI=1S/C23H20N6O2/c1-13-7-17(14(2)26-18-6-4-3-5-16(18)23(30)31)21-19(8-13)27-20(10-25)22(28-21)29-11-15(9-24)12-29/h3-8,14-15,26H,11-12H2,1-2H3,(H,30,31)/t14-/m1/s1. The second kappa shape index (κ2) is 7.92. The Hall–Kier alpha value is -4.17. The zero-order valence-electron chi connectivity index (χ0n) is 17.1. The highest BCUT2D eigenvalue weighted by atomic mass is 16.4. The first-order chi connectivity index (χ1) is 14.9. The summed E-state index contributed by atoms with van der Waals surface area (Å²) in [6.45, 7) is 4.91. The Labute approximate surface area is 179 Å². The molecule has 8 nitrogen and oxygen atoms in total. The van der Waals surface area contributed by atoms with Crippen LogP contribution < -0.4 is 10.2 Å². The van der Waals surface area contributed by atoms with E-state index >= 15 is 0 Å². The third kappa shape index (κ3) is 3.72. The van der Waals surface area contributed by atoms with Crippen molar-refractivity contribution in [1.29, 1.82) is 10.5 Å². The van der Waals surface area contributed by atoms with Crippen LogP contribution >= 0.6 is 0 Å². The Bertz CT molecular complexity index is 1270. The molecule has 0 amide bonds. The molecule has 1 saturated heterocycles. The molecule has 0 unspecified atom stereocenters. The number of rotatable bonds is 5. The van der Waals surface area contributed by atoms with Crippen LogP contribution in [0.15, 0.2) is 36.4 Å². The quantitative estimate of drug-likeness (QED) is 0.650. The van der Waals surface area contributed by atoms with Crippen LogP contribution in [0.3, 0.4) is 0 Å². The number of carbonyl (C=O) groups is 1. The van der Waals surface area contributed by atoms with E-state index < -0.39 is 5.97 Å². The molecule has 31 heavy (non-hydrogen) atoms. The average Bonchev–Trinajstić information content (AvgIpc) is 2.72. The number of aryl methyl sites for hydroxylation is 1. The van der Waals surface area contributed by atoms with Crippen molar-refractivity contribution in [2.24, 2.45) is 5.92 Å². The molecule has 2 N–H and O–H groups in total. The molecule has 0 spiro atoms. The molecule has 0 bridgehead atoms. The van der Waals surface area contributed by atoms with E-state index in [0.717, 1.165) is 11.1 Å². The Kier molecular flexibility index (Phi) is 5.14. The molecular formula is C23H20N6O2. The monoisotopic (exact) mass is 412 g/mol. The van der Waals surface area contributed by atoms with E-state index in [1.54, 1.807) is 24.3 Å². The predicted molar refractivity (Wildman–Crippen MR) is 116 cm³/mol. The largest absolute Gasteiger partial charge is 0.478 e. The minimum atomic E-state index is -1.00. The van der Waals surface area contributed by atoms with Gasteiger partial charge in [-0.3, -0.25) is 0 Å². The van der Waals surface area contributed by atoms with Crippen LogP contribution in [0, 0.1) is 35.5 Å². The van der Waals surface area contributed by atoms with E-state index in [0.29, 0.717) is 35.6 Å². The molecule has 1 atom stereocenters. The van der Waals surface area contributed by atoms with Crippen molar-refractivity contribution in [3.8, 4) is 12.1 Å². The van der Waals surface area contributed by atoms with Crippen LogP contribution in [0.25, 0.3) is 11.0 Å². The number of nitrogens with zero attached hydrogens (tertiary/aromatic N) is 5. The lowest BCUT2D eigenvalue weighted by molar-refractivity contribution is 0.0698. The summed E-state index contributed by atoms with van der Waals surface area (Å²) in [7, 11) is 0. The van der Waals surface area contributed by atoms with Gasteiger partial charge in [0.2, 0.25) is 0 Å². The fourth-order valence-corrected chi connectivity index (χ4v) is 3.79. The second-order valence-corrected chi connectivity index (χ2v) is 7.68. The first-order valence-corrected chi connectivity index (χ1v) is 9.87. The van der Waals surface area contributed by atoms with Gasteiger partial charge < -0.3 is 15.3 Å². The van der Waals surface area contributed by atoms with Gasteiger partial charge in [-0.1, -0.05) is 18.2 Å². The number of carboxylic acid groups (broad SMARTS) is 1. The maximum atomic E-state index is 11.6. The lowest BCUT2D eigenvalue weighted by Crippen LogP contribution is -2.47. The van der Waals surface area contributed by atoms with Crippen molar-refractivity contribution in [3.63, 3.8) is 0 Å². The highest BCUT2D eigenvalue weighted by Gasteiger charge is 2.30. The number of benzene rings is 2. The predicted octanol–water partition coefficient (Wildman–Crippen LogP) is 3.64. The van der Waals surface area contributed by atoms with Crippen LogP contribution in [-0.2, 0) is 0 Å². The normalized spacial score (nSPS) is 14.4. The summed E-state index contributed by atoms with van der Waals surface area (Å²) < 4.78 is 0. The number of hydrogen-bond acceptors (Lipinski definition) is 7. The van der Waals surface area contributed by atoms with Crippen molar-refractivity contribution in [3.05, 3.63) is 58.8 Å². The maximum Gasteiger partial charge on any atom is 0.337 e. The van der Waals surface area contributed by atoms with Crippen LogP contribution in [-0.4, -0.2) is 34.1 Å². The molecule has 8 heteroatoms. The van der Waals surface area contributed by atoms with Crippen LogP contribution in [0.5, 0.6) is 0 Å². The summed E-state index contributed by atoms with van der Waals surface area (Å²) >= 11 is 0. The first kappa shape index (κ1) is 20.1. The molecule has 1 aliphatic heterocycles. The molecule has 0 saturated carbocycles. The van der Waals surface area contributed by atoms with E-state index in [-0.39, 0.29) is 23.2 Å². The summed E-state index contributed by atoms with van der Waals surface area (Å²) in [5.74, 6) is -0.602. The number of fused-ring (bicyclic) bond motifs is 1. The van der Waals surface area contributed by atoms with Crippen molar-refractivity contribution in [1.82, 2.24) is 9.97 Å². The maximum absolute atomic E-state index is 11.6. The van der Waals surface area contributed by atoms with Crippen molar-refractivity contribution < 1.29 is 9.90 Å². The van der Waals surface area contributed by atoms with Crippen LogP contribution in [0.1, 0.15) is 40.1 Å². The van der Waals surface area contributed by atoms with E-state index in [1.165, 1.54) is 0 Å². The highest BCUT2D eigenvalue weighted by Crippen LogP contribution is 2.32. The van der Waals surface area contributed by atoms with Gasteiger partial charge in [-0.2, -0.15) is 10.5 Å². The SMILES string of the molecule is Cc1cc([C@@H](C)Nc2ccccc2C(=O)O)c2nc(N3CC(C#N)C3)c(C#N)nc2c1. The second-order valence-electron chi connectivity index (χ2n) is 7.68. The molecule has 4 rings (SSSR count). The summed E-state index contributed by atoms with van der Waals surface area (Å²) in [5, 5.41) is 31.4. The van der Waals surface area contributed by atoms with Crippen LogP contribution in [0.2, 0.25) is 0 Å². The lowest BCUT2D eigenvalue weighted by Gasteiger charge is -2.36. The van der Waals surface area contributed by atoms with Gasteiger partial charge in [-0.05, 0) is 37.6 Å². The molecule has 1 aromatic heterocycles. The Morgan fingerprint density at radius 1 is 1.26 bits per heavy atom. The molecule has 3 aromatic rings. The van der Waals surface area contributed by atoms with E-state index in [2.05, 4.69) is 22.4 Å². The molecule has 1 fully saturated rings. The number of aromatic nitrogens is 2. The number of nitriles is 2. The number of hydrogen-bond donors (Lipinski definition) is 2. The van der Waals surface area contributed by atoms with Crippen molar-refractivity contribution in [2.45, 2.75) is 19.9 Å². The van der Waals surface area contributed by atoms with Gasteiger partial charge in [0.05, 0.1) is 34.6 Å². The fraction of sp³-hybridized carbons (Fsp3) is 0.261. The summed E-state index contributed by atoms with van der Waals surface area (Å²) in [4.78, 5) is 22.8. The third-order valence-corrected chi connectivity index (χ3v) is 5.39. The summed E-state index contributed by atoms with van der Waals surface area (Å²) in [5.41, 5.74) is 4.00. The Balaban J connectivity index is 1.78. The molecule has 0 radical (unpaired) electrons. The highest BCUT2D eigenvalue weighted by molar-refractivity contribution is 5.94. The van der Waals surface area contributed by atoms with E-state index in [1.807, 2.05) is 30.9 Å². The minimum Gasteiger partial charge on any atom is -0.478 e. The van der Waals surface area contributed by atoms with Gasteiger partial charge in [0, 0.05) is 24.3 Å². The zero-order chi connectivity index (χ0) is 22.1. The van der Waals surface area contributed by atoms with E-state index in [9.17, 15) is 15.2 Å². The summed E-state index contributed by atoms with van der Waals surface area (Å²) in [6.07, 6.45) is 0. The fourth-order valence-electron chi connectivity index (χ4n) is 3.79. The zero-order valence-corrected chi connectivity index (χ0v) is 17.1. The van der Waals surface area contributed by atoms with Crippen LogP contribution in [0.4, 0.5) is 11.5 Å². The van der Waals surface area contributed by atoms with Gasteiger partial charge in [-0.15, -0.1) is 0 Å². The number of nitrogens with one attached hydrogen (secondary N) is 1. The van der Waals surface area contributed by atoms with Crippen molar-refractivity contribution >= 4 is 28.5 Å². The molecular weight excluding hydrogens is 392 g/mol. The lowest BCUT2D eigenvalue weighted by atomic mass is 10.0. The molecule has 2 aromatic carbocycles. The molecule has 154 valence electrons. The van der Waals surface area contributed by atoms with Gasteiger partial charge in [0.25, 0.3) is 0 Å². The van der Waals surface area contributed by atoms with E-state index in [4.69, 9.17) is 10.2 Å². The van der Waals surface area contributed by atoms with Gasteiger partial charge >= 0.3 is 5.97 Å². The first-order valence-electron chi connectivity index (χ1n) is 9.87. The smallest absolute Gasteiger partial charge is 0.337 e. The number of anilines is 2. The Morgan fingerprint density at radius 2 is 2.00 bits per heavy atom. The topological polar surface area (TPSA) is 126 Å². The average molecular weight is 412 g/mol. The number of para-hydroxylation sites is 1. The van der Waals surface area contributed by atoms with Crippen molar-refractivity contribution in [2.75, 3.05) is 23.3 Å². The minimum absolute atomic E-state index is 0.0744. The summed E-state index contributed by atoms with van der Waals surface area (Å²) in [6, 6.07) is 14.7. The molecule has 0 aliphatic carbocycles. The molecule has 1 aliphatic rings.